The summed E-state index contributed by atoms with van der Waals surface area (Å²) in [6.45, 7) is 0.188. The van der Waals surface area contributed by atoms with Gasteiger partial charge in [-0.3, -0.25) is 4.79 Å². The van der Waals surface area contributed by atoms with Crippen molar-refractivity contribution in [1.82, 2.24) is 5.16 Å². The average molecular weight is 380 g/mol. The van der Waals surface area contributed by atoms with E-state index in [4.69, 9.17) is 18.7 Å². The van der Waals surface area contributed by atoms with Crippen LogP contribution in [-0.2, 0) is 16.0 Å². The number of fused-ring (bicyclic) bond motifs is 1. The van der Waals surface area contributed by atoms with Crippen molar-refractivity contribution in [2.24, 2.45) is 0 Å². The molecular formula is C20H16N2O6. The summed E-state index contributed by atoms with van der Waals surface area (Å²) in [6, 6.07) is 13.7. The second kappa shape index (κ2) is 7.43. The molecule has 1 aliphatic heterocycles. The third kappa shape index (κ3) is 3.52. The van der Waals surface area contributed by atoms with Crippen LogP contribution in [0.1, 0.15) is 16.1 Å². The molecule has 0 spiro atoms. The van der Waals surface area contributed by atoms with Gasteiger partial charge in [0, 0.05) is 11.6 Å². The van der Waals surface area contributed by atoms with Crippen LogP contribution in [0.2, 0.25) is 0 Å². The van der Waals surface area contributed by atoms with Crippen molar-refractivity contribution in [3.63, 3.8) is 0 Å². The number of carbonyl (C=O) groups is 2. The highest BCUT2D eigenvalue weighted by Gasteiger charge is 2.18. The Morgan fingerprint density at radius 2 is 1.93 bits per heavy atom. The van der Waals surface area contributed by atoms with Gasteiger partial charge < -0.3 is 24.1 Å². The second-order valence-electron chi connectivity index (χ2n) is 6.01. The van der Waals surface area contributed by atoms with Gasteiger partial charge in [-0.2, -0.15) is 0 Å². The number of benzene rings is 2. The van der Waals surface area contributed by atoms with Crippen molar-refractivity contribution in [1.29, 1.82) is 0 Å². The van der Waals surface area contributed by atoms with Crippen LogP contribution in [0.5, 0.6) is 11.5 Å². The maximum atomic E-state index is 12.4. The molecule has 1 aliphatic rings. The highest BCUT2D eigenvalue weighted by atomic mass is 16.7. The number of hydrogen-bond acceptors (Lipinski definition) is 7. The standard InChI is InChI=1S/C20H16N2O6/c1-25-20(24)14-4-2-3-5-15(14)21-19(23)10-13-9-17(28-22-13)12-6-7-16-18(8-12)27-11-26-16/h2-9H,10-11H2,1H3,(H,21,23). The number of carbonyl (C=O) groups excluding carboxylic acids is 2. The maximum absolute atomic E-state index is 12.4. The first-order valence-electron chi connectivity index (χ1n) is 8.47. The first-order valence-corrected chi connectivity index (χ1v) is 8.47. The van der Waals surface area contributed by atoms with Gasteiger partial charge in [-0.1, -0.05) is 17.3 Å². The van der Waals surface area contributed by atoms with E-state index < -0.39 is 5.97 Å². The molecule has 0 bridgehead atoms. The van der Waals surface area contributed by atoms with Crippen LogP contribution in [0, 0.1) is 0 Å². The Hall–Kier alpha value is -3.81. The van der Waals surface area contributed by atoms with Crippen molar-refractivity contribution < 1.29 is 28.3 Å². The molecule has 2 heterocycles. The van der Waals surface area contributed by atoms with Crippen molar-refractivity contribution >= 4 is 17.6 Å². The van der Waals surface area contributed by atoms with Gasteiger partial charge in [0.05, 0.1) is 30.5 Å². The van der Waals surface area contributed by atoms with Gasteiger partial charge >= 0.3 is 5.97 Å². The summed E-state index contributed by atoms with van der Waals surface area (Å²) in [5.74, 6) is 0.958. The third-order valence-corrected chi connectivity index (χ3v) is 4.16. The van der Waals surface area contributed by atoms with Gasteiger partial charge in [0.15, 0.2) is 17.3 Å². The highest BCUT2D eigenvalue weighted by Crippen LogP contribution is 2.36. The van der Waals surface area contributed by atoms with Gasteiger partial charge in [-0.25, -0.2) is 4.79 Å². The van der Waals surface area contributed by atoms with Crippen LogP contribution < -0.4 is 14.8 Å². The number of para-hydroxylation sites is 1. The Labute approximate surface area is 160 Å². The molecule has 28 heavy (non-hydrogen) atoms. The largest absolute Gasteiger partial charge is 0.465 e. The van der Waals surface area contributed by atoms with Gasteiger partial charge in [0.1, 0.15) is 0 Å². The van der Waals surface area contributed by atoms with E-state index >= 15 is 0 Å². The zero-order valence-electron chi connectivity index (χ0n) is 14.9. The van der Waals surface area contributed by atoms with Crippen LogP contribution in [0.15, 0.2) is 53.1 Å². The Morgan fingerprint density at radius 3 is 2.79 bits per heavy atom. The number of methoxy groups -OCH3 is 1. The SMILES string of the molecule is COC(=O)c1ccccc1NC(=O)Cc1cc(-c2ccc3c(c2)OCO3)on1. The van der Waals surface area contributed by atoms with Crippen LogP contribution in [0.3, 0.4) is 0 Å². The van der Waals surface area contributed by atoms with E-state index in [-0.39, 0.29) is 24.7 Å². The van der Waals surface area contributed by atoms with E-state index in [0.717, 1.165) is 5.56 Å². The number of nitrogens with one attached hydrogen (secondary N) is 1. The lowest BCUT2D eigenvalue weighted by Crippen LogP contribution is -2.17. The molecule has 0 fully saturated rings. The smallest absolute Gasteiger partial charge is 0.339 e. The Kier molecular flexibility index (Phi) is 4.67. The van der Waals surface area contributed by atoms with Gasteiger partial charge in [0.2, 0.25) is 12.7 Å². The normalized spacial score (nSPS) is 11.9. The highest BCUT2D eigenvalue weighted by molar-refractivity contribution is 6.01. The van der Waals surface area contributed by atoms with Gasteiger partial charge in [-0.05, 0) is 30.3 Å². The summed E-state index contributed by atoms with van der Waals surface area (Å²) in [4.78, 5) is 24.2. The van der Waals surface area contributed by atoms with Crippen LogP contribution >= 0.6 is 0 Å². The minimum Gasteiger partial charge on any atom is -0.465 e. The van der Waals surface area contributed by atoms with Crippen molar-refractivity contribution in [2.75, 3.05) is 19.2 Å². The fourth-order valence-corrected chi connectivity index (χ4v) is 2.82. The molecule has 4 rings (SSSR count). The average Bonchev–Trinajstić information content (AvgIpc) is 3.36. The van der Waals surface area contributed by atoms with Crippen LogP contribution in [0.25, 0.3) is 11.3 Å². The molecule has 1 aromatic heterocycles. The third-order valence-electron chi connectivity index (χ3n) is 4.16. The molecule has 8 nitrogen and oxygen atoms in total. The van der Waals surface area contributed by atoms with Crippen molar-refractivity contribution in [3.8, 4) is 22.8 Å². The molecule has 1 amide bonds. The molecule has 0 saturated carbocycles. The van der Waals surface area contributed by atoms with Gasteiger partial charge in [-0.15, -0.1) is 0 Å². The number of ether oxygens (including phenoxy) is 3. The molecule has 0 saturated heterocycles. The molecule has 1 N–H and O–H groups in total. The van der Waals surface area contributed by atoms with E-state index in [9.17, 15) is 9.59 Å². The summed E-state index contributed by atoms with van der Waals surface area (Å²) in [5.41, 5.74) is 1.87. The first-order chi connectivity index (χ1) is 13.6. The number of aromatic nitrogens is 1. The molecule has 2 aromatic carbocycles. The topological polar surface area (TPSA) is 99.9 Å². The minimum absolute atomic E-state index is 0.0104. The number of esters is 1. The van der Waals surface area contributed by atoms with E-state index in [1.54, 1.807) is 42.5 Å². The lowest BCUT2D eigenvalue weighted by molar-refractivity contribution is -0.115. The quantitative estimate of drug-likeness (QED) is 0.679. The maximum Gasteiger partial charge on any atom is 0.339 e. The van der Waals surface area contributed by atoms with Crippen molar-refractivity contribution in [2.45, 2.75) is 6.42 Å². The summed E-state index contributed by atoms with van der Waals surface area (Å²) in [7, 11) is 1.29. The Morgan fingerprint density at radius 1 is 1.11 bits per heavy atom. The number of anilines is 1. The Balaban J connectivity index is 1.46. The lowest BCUT2D eigenvalue weighted by Gasteiger charge is -2.08. The predicted molar refractivity (Wildman–Crippen MR) is 98.2 cm³/mol. The zero-order chi connectivity index (χ0) is 19.5. The summed E-state index contributed by atoms with van der Waals surface area (Å²) in [5, 5.41) is 6.64. The number of rotatable bonds is 5. The number of hydrogen-bond donors (Lipinski definition) is 1. The summed E-state index contributed by atoms with van der Waals surface area (Å²) >= 11 is 0. The van der Waals surface area contributed by atoms with Crippen LogP contribution in [-0.4, -0.2) is 30.9 Å². The molecule has 3 aromatic rings. The van der Waals surface area contributed by atoms with Crippen LogP contribution in [0.4, 0.5) is 5.69 Å². The molecule has 0 atom stereocenters. The number of amides is 1. The minimum atomic E-state index is -0.526. The summed E-state index contributed by atoms with van der Waals surface area (Å²) < 4.78 is 20.7. The molecule has 0 radical (unpaired) electrons. The number of nitrogens with zero attached hydrogens (tertiary/aromatic N) is 1. The second-order valence-corrected chi connectivity index (χ2v) is 6.01. The van der Waals surface area contributed by atoms with Crippen molar-refractivity contribution in [3.05, 3.63) is 59.8 Å². The molecule has 8 heteroatoms. The monoisotopic (exact) mass is 380 g/mol. The molecule has 142 valence electrons. The fraction of sp³-hybridized carbons (Fsp3) is 0.150. The Bertz CT molecular complexity index is 1040. The molecule has 0 aliphatic carbocycles. The lowest BCUT2D eigenvalue weighted by atomic mass is 10.1. The van der Waals surface area contributed by atoms with E-state index in [1.165, 1.54) is 7.11 Å². The van der Waals surface area contributed by atoms with E-state index in [1.807, 2.05) is 6.07 Å². The predicted octanol–water partition coefficient (Wildman–Crippen LogP) is 3.04. The summed E-state index contributed by atoms with van der Waals surface area (Å²) in [6.07, 6.45) is -0.0104. The first kappa shape index (κ1) is 17.6. The molecule has 0 unspecified atom stereocenters. The fourth-order valence-electron chi connectivity index (χ4n) is 2.82. The van der Waals surface area contributed by atoms with E-state index in [0.29, 0.717) is 28.6 Å². The zero-order valence-corrected chi connectivity index (χ0v) is 14.9. The molecular weight excluding hydrogens is 364 g/mol. The van der Waals surface area contributed by atoms with Gasteiger partial charge in [0.25, 0.3) is 0 Å². The van der Waals surface area contributed by atoms with E-state index in [2.05, 4.69) is 10.5 Å².